The van der Waals surface area contributed by atoms with Crippen LogP contribution in [0.5, 0.6) is 0 Å². The lowest BCUT2D eigenvalue weighted by Crippen LogP contribution is -2.28. The Morgan fingerprint density at radius 2 is 1.57 bits per heavy atom. The fourth-order valence-electron chi connectivity index (χ4n) is 2.49. The summed E-state index contributed by atoms with van der Waals surface area (Å²) in [4.78, 5) is 15.8. The highest BCUT2D eigenvalue weighted by Crippen LogP contribution is 2.15. The van der Waals surface area contributed by atoms with Crippen molar-refractivity contribution >= 4 is 21.7 Å². The SMILES string of the molecule is O=C(NCc1ccncc1)Nc1ccc(S(=O)(=O)NCc2ccc(F)c(F)c2)cc1. The molecule has 1 heterocycles. The molecule has 10 heteroatoms. The molecule has 7 nitrogen and oxygen atoms in total. The van der Waals surface area contributed by atoms with E-state index in [0.717, 1.165) is 17.7 Å². The molecule has 0 unspecified atom stereocenters. The van der Waals surface area contributed by atoms with Crippen molar-refractivity contribution in [1.82, 2.24) is 15.0 Å². The smallest absolute Gasteiger partial charge is 0.319 e. The molecule has 0 atom stereocenters. The Morgan fingerprint density at radius 1 is 0.867 bits per heavy atom. The van der Waals surface area contributed by atoms with Gasteiger partial charge in [0.2, 0.25) is 10.0 Å². The molecule has 0 bridgehead atoms. The third-order valence-corrected chi connectivity index (χ3v) is 5.49. The number of benzene rings is 2. The maximum Gasteiger partial charge on any atom is 0.319 e. The van der Waals surface area contributed by atoms with E-state index in [1.54, 1.807) is 24.5 Å². The number of nitrogens with zero attached hydrogens (tertiary/aromatic N) is 1. The van der Waals surface area contributed by atoms with E-state index in [1.165, 1.54) is 30.3 Å². The van der Waals surface area contributed by atoms with E-state index in [-0.39, 0.29) is 17.0 Å². The first-order valence-electron chi connectivity index (χ1n) is 8.81. The van der Waals surface area contributed by atoms with Crippen LogP contribution in [-0.2, 0) is 23.1 Å². The van der Waals surface area contributed by atoms with Gasteiger partial charge in [-0.05, 0) is 59.7 Å². The molecule has 0 aliphatic carbocycles. The van der Waals surface area contributed by atoms with Gasteiger partial charge in [0.1, 0.15) is 0 Å². The first kappa shape index (κ1) is 21.3. The Labute approximate surface area is 172 Å². The topological polar surface area (TPSA) is 100 Å². The summed E-state index contributed by atoms with van der Waals surface area (Å²) in [6.45, 7) is 0.117. The van der Waals surface area contributed by atoms with Crippen molar-refractivity contribution in [3.8, 4) is 0 Å². The number of carbonyl (C=O) groups excluding carboxylic acids is 1. The first-order valence-corrected chi connectivity index (χ1v) is 10.3. The van der Waals surface area contributed by atoms with Gasteiger partial charge in [0.05, 0.1) is 4.90 Å². The lowest BCUT2D eigenvalue weighted by Gasteiger charge is -2.10. The maximum atomic E-state index is 13.2. The number of carbonyl (C=O) groups is 1. The molecule has 1 aromatic heterocycles. The van der Waals surface area contributed by atoms with Gasteiger partial charge in [-0.2, -0.15) is 0 Å². The van der Waals surface area contributed by atoms with E-state index in [4.69, 9.17) is 0 Å². The molecule has 3 rings (SSSR count). The molecule has 0 aliphatic rings. The molecule has 0 spiro atoms. The number of aromatic nitrogens is 1. The molecule has 0 aliphatic heterocycles. The molecule has 30 heavy (non-hydrogen) atoms. The Morgan fingerprint density at radius 3 is 2.23 bits per heavy atom. The van der Waals surface area contributed by atoms with Gasteiger partial charge in [0, 0.05) is 31.2 Å². The zero-order chi connectivity index (χ0) is 21.6. The summed E-state index contributed by atoms with van der Waals surface area (Å²) < 4.78 is 53.2. The Balaban J connectivity index is 1.55. The zero-order valence-electron chi connectivity index (χ0n) is 15.6. The average Bonchev–Trinajstić information content (AvgIpc) is 2.74. The predicted molar refractivity (Wildman–Crippen MR) is 107 cm³/mol. The number of halogens is 2. The van der Waals surface area contributed by atoms with Crippen molar-refractivity contribution in [1.29, 1.82) is 0 Å². The van der Waals surface area contributed by atoms with Crippen LogP contribution in [0.2, 0.25) is 0 Å². The van der Waals surface area contributed by atoms with Gasteiger partial charge in [0.15, 0.2) is 11.6 Å². The highest BCUT2D eigenvalue weighted by atomic mass is 32.2. The van der Waals surface area contributed by atoms with Gasteiger partial charge in [-0.3, -0.25) is 4.98 Å². The number of anilines is 1. The van der Waals surface area contributed by atoms with Gasteiger partial charge >= 0.3 is 6.03 Å². The van der Waals surface area contributed by atoms with Gasteiger partial charge in [0.25, 0.3) is 0 Å². The van der Waals surface area contributed by atoms with Gasteiger partial charge < -0.3 is 10.6 Å². The van der Waals surface area contributed by atoms with Crippen LogP contribution >= 0.6 is 0 Å². The van der Waals surface area contributed by atoms with Crippen LogP contribution < -0.4 is 15.4 Å². The van der Waals surface area contributed by atoms with Crippen molar-refractivity contribution in [3.05, 3.63) is 89.8 Å². The highest BCUT2D eigenvalue weighted by molar-refractivity contribution is 7.89. The summed E-state index contributed by atoms with van der Waals surface area (Å²) in [5, 5.41) is 5.28. The minimum absolute atomic E-state index is 0.0344. The summed E-state index contributed by atoms with van der Waals surface area (Å²) in [6, 6.07) is 11.8. The summed E-state index contributed by atoms with van der Waals surface area (Å²) in [7, 11) is -3.87. The maximum absolute atomic E-state index is 13.2. The monoisotopic (exact) mass is 432 g/mol. The van der Waals surface area contributed by atoms with E-state index >= 15 is 0 Å². The molecule has 0 radical (unpaired) electrons. The molecule has 0 saturated carbocycles. The quantitative estimate of drug-likeness (QED) is 0.534. The van der Waals surface area contributed by atoms with Crippen LogP contribution in [0, 0.1) is 11.6 Å². The van der Waals surface area contributed by atoms with Gasteiger partial charge in [-0.1, -0.05) is 6.07 Å². The van der Waals surface area contributed by atoms with E-state index in [2.05, 4.69) is 20.3 Å². The van der Waals surface area contributed by atoms with E-state index in [0.29, 0.717) is 12.2 Å². The number of hydrogen-bond acceptors (Lipinski definition) is 4. The summed E-state index contributed by atoms with van der Waals surface area (Å²) in [5.74, 6) is -2.06. The molecule has 0 fully saturated rings. The van der Waals surface area contributed by atoms with Crippen molar-refractivity contribution in [2.75, 3.05) is 5.32 Å². The number of hydrogen-bond donors (Lipinski definition) is 3. The standard InChI is InChI=1S/C20H18F2N4O3S/c21-18-6-1-15(11-19(18)22)13-25-30(28,29)17-4-2-16(3-5-17)26-20(27)24-12-14-7-9-23-10-8-14/h1-11,25H,12-13H2,(H2,24,26,27). The molecule has 3 aromatic rings. The lowest BCUT2D eigenvalue weighted by atomic mass is 10.2. The number of amides is 2. The van der Waals surface area contributed by atoms with Crippen molar-refractivity contribution in [3.63, 3.8) is 0 Å². The van der Waals surface area contributed by atoms with Gasteiger partial charge in [-0.25, -0.2) is 26.7 Å². The summed E-state index contributed by atoms with van der Waals surface area (Å²) in [6.07, 6.45) is 3.24. The third-order valence-electron chi connectivity index (χ3n) is 4.08. The molecular weight excluding hydrogens is 414 g/mol. The second-order valence-electron chi connectivity index (χ2n) is 6.26. The van der Waals surface area contributed by atoms with Crippen LogP contribution in [0.1, 0.15) is 11.1 Å². The molecular formula is C20H18F2N4O3S. The summed E-state index contributed by atoms with van der Waals surface area (Å²) >= 11 is 0. The second-order valence-corrected chi connectivity index (χ2v) is 8.03. The Bertz CT molecular complexity index is 1120. The predicted octanol–water partition coefficient (Wildman–Crippen LogP) is 3.16. The van der Waals surface area contributed by atoms with Crippen LogP contribution in [-0.4, -0.2) is 19.4 Å². The summed E-state index contributed by atoms with van der Waals surface area (Å²) in [5.41, 5.74) is 1.57. The number of nitrogens with one attached hydrogen (secondary N) is 3. The van der Waals surface area contributed by atoms with Crippen molar-refractivity contribution < 1.29 is 22.0 Å². The third kappa shape index (κ3) is 5.82. The van der Waals surface area contributed by atoms with Crippen molar-refractivity contribution in [2.45, 2.75) is 18.0 Å². The minimum Gasteiger partial charge on any atom is -0.334 e. The largest absolute Gasteiger partial charge is 0.334 e. The first-order chi connectivity index (χ1) is 14.3. The fourth-order valence-corrected chi connectivity index (χ4v) is 3.50. The van der Waals surface area contributed by atoms with Crippen LogP contribution in [0.3, 0.4) is 0 Å². The number of pyridine rings is 1. The van der Waals surface area contributed by atoms with Crippen LogP contribution in [0.4, 0.5) is 19.3 Å². The lowest BCUT2D eigenvalue weighted by molar-refractivity contribution is 0.251. The molecule has 3 N–H and O–H groups in total. The van der Waals surface area contributed by atoms with E-state index in [9.17, 15) is 22.0 Å². The zero-order valence-corrected chi connectivity index (χ0v) is 16.4. The van der Waals surface area contributed by atoms with E-state index < -0.39 is 27.7 Å². The van der Waals surface area contributed by atoms with Gasteiger partial charge in [-0.15, -0.1) is 0 Å². The molecule has 156 valence electrons. The van der Waals surface area contributed by atoms with Crippen LogP contribution in [0.15, 0.2) is 71.9 Å². The average molecular weight is 432 g/mol. The Kier molecular flexibility index (Phi) is 6.70. The molecule has 0 saturated heterocycles. The number of sulfonamides is 1. The second kappa shape index (κ2) is 9.42. The molecule has 2 amide bonds. The highest BCUT2D eigenvalue weighted by Gasteiger charge is 2.14. The van der Waals surface area contributed by atoms with Crippen LogP contribution in [0.25, 0.3) is 0 Å². The number of rotatable bonds is 7. The van der Waals surface area contributed by atoms with E-state index in [1.807, 2.05) is 0 Å². The number of urea groups is 1. The van der Waals surface area contributed by atoms with Crippen molar-refractivity contribution in [2.24, 2.45) is 0 Å². The Hall–Kier alpha value is -3.37. The fraction of sp³-hybridized carbons (Fsp3) is 0.100. The normalized spacial score (nSPS) is 11.1. The molecule has 2 aromatic carbocycles. The minimum atomic E-state index is -3.87.